The maximum Gasteiger partial charge on any atom is 0.174 e. The van der Waals surface area contributed by atoms with Crippen LogP contribution < -0.4 is 10.6 Å². The summed E-state index contributed by atoms with van der Waals surface area (Å²) >= 11 is 0. The molecular weight excluding hydrogens is 188 g/mol. The van der Waals surface area contributed by atoms with Crippen LogP contribution in [0.15, 0.2) is 6.20 Å². The van der Waals surface area contributed by atoms with Gasteiger partial charge in [0.15, 0.2) is 5.82 Å². The van der Waals surface area contributed by atoms with Crippen LogP contribution in [-0.2, 0) is 7.05 Å². The van der Waals surface area contributed by atoms with Crippen molar-refractivity contribution < 1.29 is 0 Å². The number of nitrogens with two attached hydrogens (primary N) is 1. The molecule has 0 aliphatic carbocycles. The molecule has 2 rings (SSSR count). The molecule has 0 amide bonds. The number of piperidine rings is 1. The smallest absolute Gasteiger partial charge is 0.174 e. The molecule has 1 aromatic rings. The number of nitrogen functional groups attached to an aromatic ring is 1. The summed E-state index contributed by atoms with van der Waals surface area (Å²) in [5.41, 5.74) is 6.73. The Bertz CT molecular complexity index is 344. The third-order valence-electron chi connectivity index (χ3n) is 3.25. The second-order valence-corrected chi connectivity index (χ2v) is 4.75. The van der Waals surface area contributed by atoms with Crippen molar-refractivity contribution >= 4 is 11.5 Å². The van der Waals surface area contributed by atoms with Gasteiger partial charge in [0, 0.05) is 25.8 Å². The Kier molecular flexibility index (Phi) is 2.59. The SMILES string of the molecule is CC1CCN(c2nn(C)cc2N)C(C)C1. The Balaban J connectivity index is 2.20. The normalized spacial score (nSPS) is 27.0. The van der Waals surface area contributed by atoms with E-state index >= 15 is 0 Å². The summed E-state index contributed by atoms with van der Waals surface area (Å²) in [4.78, 5) is 2.33. The largest absolute Gasteiger partial charge is 0.394 e. The molecule has 0 bridgehead atoms. The molecule has 4 heteroatoms. The van der Waals surface area contributed by atoms with E-state index in [1.54, 1.807) is 4.68 Å². The van der Waals surface area contributed by atoms with E-state index in [4.69, 9.17) is 5.73 Å². The van der Waals surface area contributed by atoms with Gasteiger partial charge in [-0.3, -0.25) is 4.68 Å². The lowest BCUT2D eigenvalue weighted by molar-refractivity contribution is 0.375. The first kappa shape index (κ1) is 10.3. The predicted molar refractivity (Wildman–Crippen MR) is 62.8 cm³/mol. The monoisotopic (exact) mass is 208 g/mol. The lowest BCUT2D eigenvalue weighted by atomic mass is 9.93. The Hall–Kier alpha value is -1.19. The molecule has 4 nitrogen and oxygen atoms in total. The fraction of sp³-hybridized carbons (Fsp3) is 0.727. The quantitative estimate of drug-likeness (QED) is 0.763. The minimum Gasteiger partial charge on any atom is -0.394 e. The van der Waals surface area contributed by atoms with Crippen LogP contribution in [0.25, 0.3) is 0 Å². The molecule has 1 fully saturated rings. The van der Waals surface area contributed by atoms with Gasteiger partial charge in [-0.25, -0.2) is 0 Å². The van der Waals surface area contributed by atoms with E-state index in [-0.39, 0.29) is 0 Å². The van der Waals surface area contributed by atoms with Gasteiger partial charge in [0.1, 0.15) is 0 Å². The van der Waals surface area contributed by atoms with Crippen LogP contribution in [0.1, 0.15) is 26.7 Å². The zero-order chi connectivity index (χ0) is 11.0. The number of rotatable bonds is 1. The summed E-state index contributed by atoms with van der Waals surface area (Å²) in [5.74, 6) is 1.78. The fourth-order valence-electron chi connectivity index (χ4n) is 2.44. The van der Waals surface area contributed by atoms with E-state index in [2.05, 4.69) is 23.8 Å². The number of hydrogen-bond acceptors (Lipinski definition) is 3. The second kappa shape index (κ2) is 3.76. The highest BCUT2D eigenvalue weighted by atomic mass is 15.4. The van der Waals surface area contributed by atoms with Gasteiger partial charge in [-0.15, -0.1) is 0 Å². The van der Waals surface area contributed by atoms with E-state index in [9.17, 15) is 0 Å². The highest BCUT2D eigenvalue weighted by Gasteiger charge is 2.25. The molecule has 84 valence electrons. The van der Waals surface area contributed by atoms with E-state index in [1.807, 2.05) is 13.2 Å². The molecule has 1 aliphatic heterocycles. The zero-order valence-corrected chi connectivity index (χ0v) is 9.77. The summed E-state index contributed by atoms with van der Waals surface area (Å²) in [6.07, 6.45) is 4.34. The van der Waals surface area contributed by atoms with Crippen molar-refractivity contribution in [3.63, 3.8) is 0 Å². The minimum absolute atomic E-state index is 0.547. The zero-order valence-electron chi connectivity index (χ0n) is 9.77. The van der Waals surface area contributed by atoms with Crippen molar-refractivity contribution in [2.75, 3.05) is 17.2 Å². The summed E-state index contributed by atoms with van der Waals surface area (Å²) < 4.78 is 1.79. The van der Waals surface area contributed by atoms with Crippen molar-refractivity contribution in [1.82, 2.24) is 9.78 Å². The molecule has 2 heterocycles. The van der Waals surface area contributed by atoms with Crippen molar-refractivity contribution in [2.24, 2.45) is 13.0 Å². The Morgan fingerprint density at radius 3 is 2.73 bits per heavy atom. The van der Waals surface area contributed by atoms with Crippen molar-refractivity contribution in [3.05, 3.63) is 6.20 Å². The van der Waals surface area contributed by atoms with Gasteiger partial charge in [-0.1, -0.05) is 6.92 Å². The molecule has 1 aromatic heterocycles. The summed E-state index contributed by atoms with van der Waals surface area (Å²) in [6, 6.07) is 0.547. The van der Waals surface area contributed by atoms with Gasteiger partial charge in [-0.05, 0) is 25.7 Å². The predicted octanol–water partition coefficient (Wildman–Crippen LogP) is 1.63. The molecule has 1 aliphatic rings. The van der Waals surface area contributed by atoms with Crippen molar-refractivity contribution in [3.8, 4) is 0 Å². The lowest BCUT2D eigenvalue weighted by Crippen LogP contribution is -2.40. The van der Waals surface area contributed by atoms with Crippen LogP contribution in [0.4, 0.5) is 11.5 Å². The first-order chi connectivity index (χ1) is 7.08. The van der Waals surface area contributed by atoms with Crippen LogP contribution in [0, 0.1) is 5.92 Å². The highest BCUT2D eigenvalue weighted by molar-refractivity contribution is 5.62. The molecule has 2 N–H and O–H groups in total. The third-order valence-corrected chi connectivity index (χ3v) is 3.25. The molecule has 2 unspecified atom stereocenters. The topological polar surface area (TPSA) is 47.1 Å². The van der Waals surface area contributed by atoms with Crippen LogP contribution in [-0.4, -0.2) is 22.4 Å². The summed E-state index contributed by atoms with van der Waals surface area (Å²) in [7, 11) is 1.91. The minimum atomic E-state index is 0.547. The molecule has 2 atom stereocenters. The van der Waals surface area contributed by atoms with Crippen molar-refractivity contribution in [1.29, 1.82) is 0 Å². The van der Waals surface area contributed by atoms with Crippen LogP contribution >= 0.6 is 0 Å². The molecule has 0 spiro atoms. The number of anilines is 2. The van der Waals surface area contributed by atoms with Crippen molar-refractivity contribution in [2.45, 2.75) is 32.7 Å². The molecule has 1 saturated heterocycles. The van der Waals surface area contributed by atoms with Gasteiger partial charge in [0.2, 0.25) is 0 Å². The van der Waals surface area contributed by atoms with E-state index in [1.165, 1.54) is 12.8 Å². The average Bonchev–Trinajstić information content (AvgIpc) is 2.45. The summed E-state index contributed by atoms with van der Waals surface area (Å²) in [6.45, 7) is 5.64. The van der Waals surface area contributed by atoms with Gasteiger partial charge in [0.05, 0.1) is 5.69 Å². The molecule has 0 radical (unpaired) electrons. The number of nitrogens with zero attached hydrogens (tertiary/aromatic N) is 3. The first-order valence-corrected chi connectivity index (χ1v) is 5.63. The standard InChI is InChI=1S/C11H20N4/c1-8-4-5-15(9(2)6-8)11-10(12)7-14(3)13-11/h7-9H,4-6,12H2,1-3H3. The van der Waals surface area contributed by atoms with Gasteiger partial charge < -0.3 is 10.6 Å². The molecule has 15 heavy (non-hydrogen) atoms. The first-order valence-electron chi connectivity index (χ1n) is 5.63. The number of hydrogen-bond donors (Lipinski definition) is 1. The van der Waals surface area contributed by atoms with Crippen LogP contribution in [0.2, 0.25) is 0 Å². The molecular formula is C11H20N4. The van der Waals surface area contributed by atoms with E-state index < -0.39 is 0 Å². The number of aryl methyl sites for hydroxylation is 1. The van der Waals surface area contributed by atoms with Crippen LogP contribution in [0.3, 0.4) is 0 Å². The van der Waals surface area contributed by atoms with Gasteiger partial charge in [-0.2, -0.15) is 5.10 Å². The average molecular weight is 208 g/mol. The van der Waals surface area contributed by atoms with Gasteiger partial charge >= 0.3 is 0 Å². The fourth-order valence-corrected chi connectivity index (χ4v) is 2.44. The maximum atomic E-state index is 5.94. The number of aromatic nitrogens is 2. The summed E-state index contributed by atoms with van der Waals surface area (Å²) in [5, 5.41) is 4.43. The Labute approximate surface area is 91.1 Å². The maximum absolute atomic E-state index is 5.94. The Morgan fingerprint density at radius 1 is 1.47 bits per heavy atom. The second-order valence-electron chi connectivity index (χ2n) is 4.75. The molecule has 0 saturated carbocycles. The van der Waals surface area contributed by atoms with Crippen LogP contribution in [0.5, 0.6) is 0 Å². The van der Waals surface area contributed by atoms with E-state index in [0.29, 0.717) is 6.04 Å². The Morgan fingerprint density at radius 2 is 2.20 bits per heavy atom. The lowest BCUT2D eigenvalue weighted by Gasteiger charge is -2.36. The molecule has 0 aromatic carbocycles. The third kappa shape index (κ3) is 1.94. The van der Waals surface area contributed by atoms with Gasteiger partial charge in [0.25, 0.3) is 0 Å². The highest BCUT2D eigenvalue weighted by Crippen LogP contribution is 2.29. The van der Waals surface area contributed by atoms with E-state index in [0.717, 1.165) is 24.0 Å².